The highest BCUT2D eigenvalue weighted by Crippen LogP contribution is 2.31. The van der Waals surface area contributed by atoms with Gasteiger partial charge < -0.3 is 27.4 Å². The molecule has 9 nitrogen and oxygen atoms in total. The van der Waals surface area contributed by atoms with Crippen molar-refractivity contribution in [2.45, 2.75) is 6.92 Å². The van der Waals surface area contributed by atoms with Crippen LogP contribution >= 0.6 is 11.3 Å². The first-order valence-electron chi connectivity index (χ1n) is 8.44. The van der Waals surface area contributed by atoms with Gasteiger partial charge in [-0.15, -0.1) is 0 Å². The molecule has 2 aromatic carbocycles. The third-order valence-electron chi connectivity index (χ3n) is 3.72. The Balaban J connectivity index is 1.77. The average molecular weight is 410 g/mol. The molecule has 3 amide bonds. The molecule has 0 unspecified atom stereocenters. The Kier molecular flexibility index (Phi) is 5.74. The summed E-state index contributed by atoms with van der Waals surface area (Å²) in [4.78, 5) is 39.5. The molecule has 0 aliphatic carbocycles. The fourth-order valence-corrected chi connectivity index (χ4v) is 3.28. The van der Waals surface area contributed by atoms with Crippen molar-refractivity contribution in [2.24, 2.45) is 5.73 Å². The summed E-state index contributed by atoms with van der Waals surface area (Å²) in [6.45, 7) is 1.39. The lowest BCUT2D eigenvalue weighted by Gasteiger charge is -2.05. The van der Waals surface area contributed by atoms with Crippen LogP contribution in [0.3, 0.4) is 0 Å². The standard InChI is InChI=1S/C19H18N6O3S/c1-10(26)22-13-6-2-11(3-7-13)17(28)25-18-15(16(21)27)24-19(29-18)23-14-8-4-12(20)5-9-14/h2-9H,20H2,1H3,(H2,21,27)(H,22,26)(H,23,24)(H,25,28). The molecule has 0 radical (unpaired) electrons. The van der Waals surface area contributed by atoms with Crippen LogP contribution in [0.2, 0.25) is 0 Å². The highest BCUT2D eigenvalue weighted by molar-refractivity contribution is 7.20. The number of benzene rings is 2. The van der Waals surface area contributed by atoms with E-state index in [0.717, 1.165) is 17.0 Å². The second-order valence-corrected chi connectivity index (χ2v) is 7.02. The number of carbonyl (C=O) groups is 3. The largest absolute Gasteiger partial charge is 0.399 e. The molecule has 1 heterocycles. The Morgan fingerprint density at radius 3 is 2.14 bits per heavy atom. The third kappa shape index (κ3) is 5.08. The van der Waals surface area contributed by atoms with E-state index in [9.17, 15) is 14.4 Å². The maximum Gasteiger partial charge on any atom is 0.270 e. The molecule has 0 saturated carbocycles. The summed E-state index contributed by atoms with van der Waals surface area (Å²) in [5.74, 6) is -1.41. The van der Waals surface area contributed by atoms with E-state index in [4.69, 9.17) is 11.5 Å². The molecule has 29 heavy (non-hydrogen) atoms. The van der Waals surface area contributed by atoms with Gasteiger partial charge in [-0.3, -0.25) is 14.4 Å². The quantitative estimate of drug-likeness (QED) is 0.394. The lowest BCUT2D eigenvalue weighted by Crippen LogP contribution is -2.17. The number of nitrogens with zero attached hydrogens (tertiary/aromatic N) is 1. The van der Waals surface area contributed by atoms with Crippen LogP contribution in [0.15, 0.2) is 48.5 Å². The number of carbonyl (C=O) groups excluding carboxylic acids is 3. The summed E-state index contributed by atoms with van der Waals surface area (Å²) in [5, 5.41) is 8.93. The van der Waals surface area contributed by atoms with E-state index in [0.29, 0.717) is 22.1 Å². The molecule has 1 aromatic heterocycles. The third-order valence-corrected chi connectivity index (χ3v) is 4.60. The summed E-state index contributed by atoms with van der Waals surface area (Å²) in [6.07, 6.45) is 0. The number of hydrogen-bond donors (Lipinski definition) is 5. The molecule has 3 rings (SSSR count). The lowest BCUT2D eigenvalue weighted by atomic mass is 10.2. The van der Waals surface area contributed by atoms with E-state index in [1.807, 2.05) is 0 Å². The molecule has 0 bridgehead atoms. The fourth-order valence-electron chi connectivity index (χ4n) is 2.40. The van der Waals surface area contributed by atoms with Crippen molar-refractivity contribution in [3.8, 4) is 0 Å². The first-order valence-corrected chi connectivity index (χ1v) is 9.25. The van der Waals surface area contributed by atoms with E-state index in [2.05, 4.69) is 20.9 Å². The number of nitrogens with one attached hydrogen (secondary N) is 3. The Hall–Kier alpha value is -3.92. The SMILES string of the molecule is CC(=O)Nc1ccc(C(=O)Nc2sc(Nc3ccc(N)cc3)nc2C(N)=O)cc1. The smallest absolute Gasteiger partial charge is 0.270 e. The molecule has 3 aromatic rings. The van der Waals surface area contributed by atoms with Gasteiger partial charge in [-0.25, -0.2) is 4.98 Å². The van der Waals surface area contributed by atoms with E-state index in [-0.39, 0.29) is 16.6 Å². The summed E-state index contributed by atoms with van der Waals surface area (Å²) >= 11 is 1.08. The number of hydrogen-bond acceptors (Lipinski definition) is 7. The Labute approximate surface area is 170 Å². The second-order valence-electron chi connectivity index (χ2n) is 6.02. The number of rotatable bonds is 6. The summed E-state index contributed by atoms with van der Waals surface area (Å²) in [7, 11) is 0. The Morgan fingerprint density at radius 1 is 0.931 bits per heavy atom. The zero-order valence-corrected chi connectivity index (χ0v) is 16.2. The zero-order valence-electron chi connectivity index (χ0n) is 15.4. The zero-order chi connectivity index (χ0) is 21.0. The van der Waals surface area contributed by atoms with Crippen LogP contribution in [-0.4, -0.2) is 22.7 Å². The van der Waals surface area contributed by atoms with Gasteiger partial charge in [-0.05, 0) is 48.5 Å². The van der Waals surface area contributed by atoms with E-state index >= 15 is 0 Å². The van der Waals surface area contributed by atoms with Crippen molar-refractivity contribution >= 4 is 56.3 Å². The highest BCUT2D eigenvalue weighted by Gasteiger charge is 2.19. The van der Waals surface area contributed by atoms with E-state index < -0.39 is 11.8 Å². The number of nitrogen functional groups attached to an aromatic ring is 1. The van der Waals surface area contributed by atoms with Gasteiger partial charge in [0.15, 0.2) is 10.8 Å². The van der Waals surface area contributed by atoms with Crippen molar-refractivity contribution in [2.75, 3.05) is 21.7 Å². The van der Waals surface area contributed by atoms with Gasteiger partial charge in [0.25, 0.3) is 11.8 Å². The molecule has 0 aliphatic rings. The van der Waals surface area contributed by atoms with Crippen molar-refractivity contribution < 1.29 is 14.4 Å². The molecule has 10 heteroatoms. The number of aromatic nitrogens is 1. The number of primary amides is 1. The molecular formula is C19H18N6O3S. The molecular weight excluding hydrogens is 392 g/mol. The minimum Gasteiger partial charge on any atom is -0.399 e. The maximum atomic E-state index is 12.5. The van der Waals surface area contributed by atoms with Crippen molar-refractivity contribution in [1.29, 1.82) is 0 Å². The molecule has 0 fully saturated rings. The minimum absolute atomic E-state index is 0.0452. The summed E-state index contributed by atoms with van der Waals surface area (Å²) in [5.41, 5.74) is 13.3. The topological polar surface area (TPSA) is 152 Å². The normalized spacial score (nSPS) is 10.2. The Morgan fingerprint density at radius 2 is 1.55 bits per heavy atom. The number of thiazole rings is 1. The molecule has 7 N–H and O–H groups in total. The van der Waals surface area contributed by atoms with Crippen LogP contribution in [-0.2, 0) is 4.79 Å². The minimum atomic E-state index is -0.761. The van der Waals surface area contributed by atoms with Gasteiger partial charge in [0.1, 0.15) is 5.00 Å². The van der Waals surface area contributed by atoms with Crippen LogP contribution in [0.4, 0.5) is 27.2 Å². The van der Waals surface area contributed by atoms with Crippen LogP contribution in [0.5, 0.6) is 0 Å². The lowest BCUT2D eigenvalue weighted by molar-refractivity contribution is -0.114. The van der Waals surface area contributed by atoms with Crippen LogP contribution in [0.1, 0.15) is 27.8 Å². The summed E-state index contributed by atoms with van der Waals surface area (Å²) in [6, 6.07) is 13.3. The van der Waals surface area contributed by atoms with Crippen LogP contribution in [0, 0.1) is 0 Å². The highest BCUT2D eigenvalue weighted by atomic mass is 32.1. The van der Waals surface area contributed by atoms with Crippen molar-refractivity contribution in [3.05, 3.63) is 59.8 Å². The number of anilines is 5. The fraction of sp³-hybridized carbons (Fsp3) is 0.0526. The molecule has 148 valence electrons. The van der Waals surface area contributed by atoms with Crippen molar-refractivity contribution in [3.63, 3.8) is 0 Å². The van der Waals surface area contributed by atoms with Gasteiger partial charge in [0.05, 0.1) is 0 Å². The molecule has 0 aliphatic heterocycles. The first-order chi connectivity index (χ1) is 13.8. The maximum absolute atomic E-state index is 12.5. The van der Waals surface area contributed by atoms with Gasteiger partial charge in [-0.1, -0.05) is 11.3 Å². The van der Waals surface area contributed by atoms with Crippen molar-refractivity contribution in [1.82, 2.24) is 4.98 Å². The van der Waals surface area contributed by atoms with Gasteiger partial charge >= 0.3 is 0 Å². The Bertz CT molecular complexity index is 1060. The first kappa shape index (κ1) is 19.8. The van der Waals surface area contributed by atoms with Crippen LogP contribution in [0.25, 0.3) is 0 Å². The van der Waals surface area contributed by atoms with Gasteiger partial charge in [0, 0.05) is 29.5 Å². The predicted octanol–water partition coefficient (Wildman–Crippen LogP) is 2.78. The summed E-state index contributed by atoms with van der Waals surface area (Å²) < 4.78 is 0. The molecule has 0 saturated heterocycles. The van der Waals surface area contributed by atoms with Gasteiger partial charge in [-0.2, -0.15) is 0 Å². The van der Waals surface area contributed by atoms with E-state index in [1.54, 1.807) is 48.5 Å². The molecule has 0 atom stereocenters. The predicted molar refractivity (Wildman–Crippen MR) is 113 cm³/mol. The number of nitrogens with two attached hydrogens (primary N) is 2. The number of amides is 3. The monoisotopic (exact) mass is 410 g/mol. The average Bonchev–Trinajstić information content (AvgIpc) is 3.06. The van der Waals surface area contributed by atoms with Gasteiger partial charge in [0.2, 0.25) is 5.91 Å². The van der Waals surface area contributed by atoms with E-state index in [1.165, 1.54) is 6.92 Å². The second kappa shape index (κ2) is 8.40. The molecule has 0 spiro atoms. The van der Waals surface area contributed by atoms with Crippen LogP contribution < -0.4 is 27.4 Å².